The molecule has 0 aromatic carbocycles. The molecule has 0 N–H and O–H groups in total. The lowest BCUT2D eigenvalue weighted by Gasteiger charge is -2.15. The minimum Gasteiger partial charge on any atom is -0.259 e. The van der Waals surface area contributed by atoms with Crippen LogP contribution in [0.3, 0.4) is 0 Å². The summed E-state index contributed by atoms with van der Waals surface area (Å²) < 4.78 is 0.152. The average molecular weight is 203 g/mol. The van der Waals surface area contributed by atoms with Crippen LogP contribution < -0.4 is 0 Å². The highest BCUT2D eigenvalue weighted by molar-refractivity contribution is 8.00. The van der Waals surface area contributed by atoms with Gasteiger partial charge in [0.1, 0.15) is 10.2 Å². The van der Waals surface area contributed by atoms with E-state index < -0.39 is 0 Å². The molecule has 0 bridgehead atoms. The quantitative estimate of drug-likeness (QED) is 0.655. The number of halogens is 1. The molecule has 0 aliphatic carbocycles. The first-order chi connectivity index (χ1) is 5.47. The fraction of sp³-hybridized carbons (Fsp3) is 0.500. The molecule has 0 fully saturated rings. The molecule has 1 aromatic heterocycles. The molecule has 1 rings (SSSR count). The second kappa shape index (κ2) is 3.62. The van der Waals surface area contributed by atoms with Crippen LogP contribution in [0.15, 0.2) is 17.4 Å². The summed E-state index contributed by atoms with van der Waals surface area (Å²) in [6.45, 7) is 6.38. The fourth-order valence-corrected chi connectivity index (χ4v) is 1.77. The summed E-state index contributed by atoms with van der Waals surface area (Å²) in [4.78, 5) is 8.08. The van der Waals surface area contributed by atoms with Gasteiger partial charge in [0.25, 0.3) is 0 Å². The number of hydrogen-bond donors (Lipinski definition) is 0. The van der Waals surface area contributed by atoms with Crippen molar-refractivity contribution >= 4 is 23.4 Å². The molecule has 12 heavy (non-hydrogen) atoms. The molecule has 0 saturated carbocycles. The normalized spacial score (nSPS) is 11.7. The average Bonchev–Trinajstić information content (AvgIpc) is 1.82. The van der Waals surface area contributed by atoms with Gasteiger partial charge >= 0.3 is 0 Å². The Kier molecular flexibility index (Phi) is 2.96. The van der Waals surface area contributed by atoms with E-state index >= 15 is 0 Å². The summed E-state index contributed by atoms with van der Waals surface area (Å²) in [6, 6.07) is 0. The number of thioether (sulfide) groups is 1. The van der Waals surface area contributed by atoms with Crippen molar-refractivity contribution in [3.05, 3.63) is 17.5 Å². The van der Waals surface area contributed by atoms with Gasteiger partial charge in [-0.25, -0.2) is 4.98 Å². The lowest BCUT2D eigenvalue weighted by molar-refractivity contribution is 0.798. The number of rotatable bonds is 1. The van der Waals surface area contributed by atoms with Gasteiger partial charge in [-0.05, 0) is 0 Å². The van der Waals surface area contributed by atoms with Crippen LogP contribution in [0, 0.1) is 0 Å². The van der Waals surface area contributed by atoms with Gasteiger partial charge in [0.15, 0.2) is 0 Å². The van der Waals surface area contributed by atoms with Crippen LogP contribution in [0.5, 0.6) is 0 Å². The van der Waals surface area contributed by atoms with Crippen LogP contribution in [0.25, 0.3) is 0 Å². The van der Waals surface area contributed by atoms with E-state index in [1.54, 1.807) is 18.0 Å². The third kappa shape index (κ3) is 3.41. The monoisotopic (exact) mass is 202 g/mol. The molecule has 66 valence electrons. The molecular weight excluding hydrogens is 192 g/mol. The Bertz CT molecular complexity index is 270. The molecule has 0 radical (unpaired) electrons. The van der Waals surface area contributed by atoms with E-state index in [0.29, 0.717) is 5.15 Å². The lowest BCUT2D eigenvalue weighted by Crippen LogP contribution is -2.07. The van der Waals surface area contributed by atoms with Gasteiger partial charge in [-0.1, -0.05) is 44.1 Å². The van der Waals surface area contributed by atoms with Crippen molar-refractivity contribution in [1.29, 1.82) is 0 Å². The molecule has 4 heteroatoms. The summed E-state index contributed by atoms with van der Waals surface area (Å²) in [6.07, 6.45) is 3.26. The van der Waals surface area contributed by atoms with E-state index in [4.69, 9.17) is 11.6 Å². The van der Waals surface area contributed by atoms with Crippen molar-refractivity contribution < 1.29 is 0 Å². The zero-order chi connectivity index (χ0) is 9.19. The largest absolute Gasteiger partial charge is 0.259 e. The van der Waals surface area contributed by atoms with Gasteiger partial charge in [-0.15, -0.1) is 0 Å². The van der Waals surface area contributed by atoms with Crippen molar-refractivity contribution in [3.63, 3.8) is 0 Å². The minimum absolute atomic E-state index is 0.152. The molecule has 2 nitrogen and oxygen atoms in total. The number of hydrogen-bond acceptors (Lipinski definition) is 3. The predicted molar refractivity (Wildman–Crippen MR) is 52.7 cm³/mol. The van der Waals surface area contributed by atoms with Crippen LogP contribution in [-0.4, -0.2) is 14.7 Å². The molecular formula is C8H11ClN2S. The first-order valence-corrected chi connectivity index (χ1v) is 4.83. The maximum absolute atomic E-state index is 5.69. The van der Waals surface area contributed by atoms with Gasteiger partial charge in [-0.3, -0.25) is 4.98 Å². The van der Waals surface area contributed by atoms with E-state index in [-0.39, 0.29) is 4.75 Å². The zero-order valence-electron chi connectivity index (χ0n) is 7.34. The van der Waals surface area contributed by atoms with Gasteiger partial charge in [0, 0.05) is 4.75 Å². The van der Waals surface area contributed by atoms with Gasteiger partial charge in [0.2, 0.25) is 0 Å². The van der Waals surface area contributed by atoms with Crippen LogP contribution in [0.2, 0.25) is 5.15 Å². The van der Waals surface area contributed by atoms with Crippen molar-refractivity contribution in [2.24, 2.45) is 0 Å². The fourth-order valence-electron chi connectivity index (χ4n) is 0.688. The SMILES string of the molecule is CC(C)(C)Sc1cncc(Cl)n1. The molecule has 0 saturated heterocycles. The third-order valence-corrected chi connectivity index (χ3v) is 2.19. The molecule has 1 heterocycles. The molecule has 0 aliphatic heterocycles. The minimum atomic E-state index is 0.152. The Hall–Kier alpha value is -0.280. The number of nitrogens with zero attached hydrogens (tertiary/aromatic N) is 2. The summed E-state index contributed by atoms with van der Waals surface area (Å²) in [5, 5.41) is 1.32. The lowest BCUT2D eigenvalue weighted by atomic mass is 10.3. The highest BCUT2D eigenvalue weighted by atomic mass is 35.5. The van der Waals surface area contributed by atoms with Crippen molar-refractivity contribution in [1.82, 2.24) is 9.97 Å². The van der Waals surface area contributed by atoms with Gasteiger partial charge in [0.05, 0.1) is 12.4 Å². The Morgan fingerprint density at radius 2 is 2.00 bits per heavy atom. The Balaban J connectivity index is 2.77. The Morgan fingerprint density at radius 1 is 1.33 bits per heavy atom. The summed E-state index contributed by atoms with van der Waals surface area (Å²) in [5.41, 5.74) is 0. The van der Waals surface area contributed by atoms with Crippen LogP contribution in [0.4, 0.5) is 0 Å². The summed E-state index contributed by atoms with van der Waals surface area (Å²) in [5.74, 6) is 0. The highest BCUT2D eigenvalue weighted by Gasteiger charge is 2.13. The van der Waals surface area contributed by atoms with Gasteiger partial charge < -0.3 is 0 Å². The highest BCUT2D eigenvalue weighted by Crippen LogP contribution is 2.30. The van der Waals surface area contributed by atoms with Crippen LogP contribution >= 0.6 is 23.4 Å². The standard InChI is InChI=1S/C8H11ClN2S/c1-8(2,3)12-7-5-10-4-6(9)11-7/h4-5H,1-3H3. The van der Waals surface area contributed by atoms with E-state index in [9.17, 15) is 0 Å². The Morgan fingerprint density at radius 3 is 2.50 bits per heavy atom. The van der Waals surface area contributed by atoms with Crippen molar-refractivity contribution in [2.45, 2.75) is 30.5 Å². The topological polar surface area (TPSA) is 25.8 Å². The molecule has 0 amide bonds. The zero-order valence-corrected chi connectivity index (χ0v) is 8.91. The summed E-state index contributed by atoms with van der Waals surface area (Å²) in [7, 11) is 0. The van der Waals surface area contributed by atoms with Gasteiger partial charge in [-0.2, -0.15) is 0 Å². The van der Waals surface area contributed by atoms with Crippen LogP contribution in [0.1, 0.15) is 20.8 Å². The smallest absolute Gasteiger partial charge is 0.148 e. The van der Waals surface area contributed by atoms with E-state index in [2.05, 4.69) is 30.7 Å². The predicted octanol–water partition coefficient (Wildman–Crippen LogP) is 3.02. The van der Waals surface area contributed by atoms with E-state index in [1.165, 1.54) is 6.20 Å². The van der Waals surface area contributed by atoms with Crippen LogP contribution in [-0.2, 0) is 0 Å². The molecule has 0 atom stereocenters. The molecule has 0 spiro atoms. The number of aromatic nitrogens is 2. The van der Waals surface area contributed by atoms with E-state index in [1.807, 2.05) is 0 Å². The summed E-state index contributed by atoms with van der Waals surface area (Å²) >= 11 is 7.34. The second-order valence-corrected chi connectivity index (χ2v) is 5.63. The first kappa shape index (κ1) is 9.81. The third-order valence-electron chi connectivity index (χ3n) is 0.994. The maximum atomic E-state index is 5.69. The second-order valence-electron chi connectivity index (χ2n) is 3.39. The van der Waals surface area contributed by atoms with Crippen molar-refractivity contribution in [2.75, 3.05) is 0 Å². The maximum Gasteiger partial charge on any atom is 0.148 e. The first-order valence-electron chi connectivity index (χ1n) is 3.64. The molecule has 0 unspecified atom stereocenters. The Labute approximate surface area is 81.8 Å². The molecule has 1 aromatic rings. The van der Waals surface area contributed by atoms with Crippen molar-refractivity contribution in [3.8, 4) is 0 Å². The van der Waals surface area contributed by atoms with E-state index in [0.717, 1.165) is 5.03 Å². The molecule has 0 aliphatic rings.